The number of primary sulfonamides is 1. The highest BCUT2D eigenvalue weighted by Gasteiger charge is 2.25. The van der Waals surface area contributed by atoms with E-state index < -0.39 is 25.8 Å². The summed E-state index contributed by atoms with van der Waals surface area (Å²) in [6.45, 7) is 3.39. The fourth-order valence-electron chi connectivity index (χ4n) is 2.24. The summed E-state index contributed by atoms with van der Waals surface area (Å²) in [6, 6.07) is 8.21. The summed E-state index contributed by atoms with van der Waals surface area (Å²) < 4.78 is 48.2. The Morgan fingerprint density at radius 3 is 2.41 bits per heavy atom. The first-order valence-corrected chi connectivity index (χ1v) is 11.6. The largest absolute Gasteiger partial charge is 0.321 e. The number of carbonyl (C=O) groups excluding carboxylic acids is 1. The normalized spacial score (nSPS) is 11.8. The number of anilines is 1. The van der Waals surface area contributed by atoms with Gasteiger partial charge >= 0.3 is 0 Å². The van der Waals surface area contributed by atoms with Crippen molar-refractivity contribution in [3.05, 3.63) is 64.1 Å². The number of benzene rings is 2. The average molecular weight is 494 g/mol. The van der Waals surface area contributed by atoms with Gasteiger partial charge in [0, 0.05) is 4.47 Å². The molecule has 0 bridgehead atoms. The Labute approximate surface area is 170 Å². The lowest BCUT2D eigenvalue weighted by atomic mass is 10.2. The number of sulfonamides is 1. The molecule has 0 heterocycles. The van der Waals surface area contributed by atoms with Gasteiger partial charge in [-0.25, -0.2) is 22.0 Å². The van der Waals surface area contributed by atoms with Gasteiger partial charge in [0.15, 0.2) is 9.84 Å². The number of sulfone groups is 1. The van der Waals surface area contributed by atoms with Crippen LogP contribution < -0.4 is 10.5 Å². The topological polar surface area (TPSA) is 123 Å². The van der Waals surface area contributed by atoms with Gasteiger partial charge in [-0.2, -0.15) is 0 Å². The zero-order valence-corrected chi connectivity index (χ0v) is 17.6. The smallest absolute Gasteiger partial charge is 0.257 e. The molecule has 0 radical (unpaired) electrons. The van der Waals surface area contributed by atoms with Crippen LogP contribution >= 0.6 is 27.5 Å². The van der Waals surface area contributed by atoms with Crippen LogP contribution in [0.2, 0.25) is 5.02 Å². The Kier molecular flexibility index (Phi) is 6.48. The standard InChI is InChI=1S/C16H14BrClN2O5S2/c1-2-9-26(22,23)15-11(17)8-7-10(14(15)18)16(21)20-12-5-3-4-6-13(12)27(19,24)25/h2-8H,1,9H2,(H,20,21)(H2,19,24,25). The van der Waals surface area contributed by atoms with E-state index in [9.17, 15) is 21.6 Å². The molecule has 2 rings (SSSR count). The van der Waals surface area contributed by atoms with Crippen LogP contribution in [0.4, 0.5) is 5.69 Å². The van der Waals surface area contributed by atoms with Crippen molar-refractivity contribution in [2.45, 2.75) is 9.79 Å². The molecule has 11 heteroatoms. The summed E-state index contributed by atoms with van der Waals surface area (Å²) in [5.41, 5.74) is -0.203. The van der Waals surface area contributed by atoms with E-state index in [0.29, 0.717) is 0 Å². The van der Waals surface area contributed by atoms with Gasteiger partial charge in [-0.1, -0.05) is 29.8 Å². The number of carbonyl (C=O) groups is 1. The second-order valence-electron chi connectivity index (χ2n) is 5.30. The molecule has 0 aromatic heterocycles. The zero-order valence-electron chi connectivity index (χ0n) is 13.6. The highest BCUT2D eigenvalue weighted by molar-refractivity contribution is 9.10. The van der Waals surface area contributed by atoms with Crippen LogP contribution in [-0.2, 0) is 19.9 Å². The van der Waals surface area contributed by atoms with E-state index in [4.69, 9.17) is 16.7 Å². The van der Waals surface area contributed by atoms with Crippen molar-refractivity contribution in [1.29, 1.82) is 0 Å². The Morgan fingerprint density at radius 1 is 1.19 bits per heavy atom. The van der Waals surface area contributed by atoms with Crippen LogP contribution in [0.3, 0.4) is 0 Å². The molecule has 0 unspecified atom stereocenters. The Balaban J connectivity index is 2.53. The third-order valence-electron chi connectivity index (χ3n) is 3.38. The van der Waals surface area contributed by atoms with Crippen molar-refractivity contribution in [1.82, 2.24) is 0 Å². The maximum Gasteiger partial charge on any atom is 0.257 e. The quantitative estimate of drug-likeness (QED) is 0.599. The third-order valence-corrected chi connectivity index (χ3v) is 7.50. The Hall–Kier alpha value is -1.72. The molecule has 0 atom stereocenters. The van der Waals surface area contributed by atoms with Crippen molar-refractivity contribution in [3.8, 4) is 0 Å². The second-order valence-corrected chi connectivity index (χ2v) is 10.0. The average Bonchev–Trinajstić information content (AvgIpc) is 2.53. The number of hydrogen-bond donors (Lipinski definition) is 2. The summed E-state index contributed by atoms with van der Waals surface area (Å²) in [5, 5.41) is 7.23. The SMILES string of the molecule is C=CCS(=O)(=O)c1c(Br)ccc(C(=O)Nc2ccccc2S(N)(=O)=O)c1Cl. The fourth-order valence-corrected chi connectivity index (χ4v) is 5.95. The number of hydrogen-bond acceptors (Lipinski definition) is 5. The summed E-state index contributed by atoms with van der Waals surface area (Å²) in [4.78, 5) is 12.1. The number of nitrogens with one attached hydrogen (secondary N) is 1. The lowest BCUT2D eigenvalue weighted by Crippen LogP contribution is -2.19. The van der Waals surface area contributed by atoms with Gasteiger partial charge in [0.1, 0.15) is 9.79 Å². The van der Waals surface area contributed by atoms with E-state index in [0.717, 1.165) is 0 Å². The van der Waals surface area contributed by atoms with Gasteiger partial charge in [0.2, 0.25) is 10.0 Å². The molecule has 0 aliphatic carbocycles. The van der Waals surface area contributed by atoms with Gasteiger partial charge in [-0.05, 0) is 40.2 Å². The number of rotatable bonds is 6. The molecule has 27 heavy (non-hydrogen) atoms. The van der Waals surface area contributed by atoms with E-state index in [2.05, 4.69) is 27.8 Å². The minimum absolute atomic E-state index is 0.0560. The molecule has 144 valence electrons. The predicted octanol–water partition coefficient (Wildman–Crippen LogP) is 2.96. The van der Waals surface area contributed by atoms with Crippen LogP contribution in [-0.4, -0.2) is 28.5 Å². The van der Waals surface area contributed by atoms with E-state index >= 15 is 0 Å². The first-order chi connectivity index (χ1) is 12.5. The predicted molar refractivity (Wildman–Crippen MR) is 107 cm³/mol. The van der Waals surface area contributed by atoms with Crippen molar-refractivity contribution in [3.63, 3.8) is 0 Å². The van der Waals surface area contributed by atoms with Gasteiger partial charge in [-0.15, -0.1) is 6.58 Å². The van der Waals surface area contributed by atoms with Crippen LogP contribution in [0.5, 0.6) is 0 Å². The molecule has 0 saturated carbocycles. The van der Waals surface area contributed by atoms with Gasteiger partial charge in [-0.3, -0.25) is 4.79 Å². The van der Waals surface area contributed by atoms with Crippen molar-refractivity contribution >= 4 is 59.0 Å². The van der Waals surface area contributed by atoms with E-state index in [1.807, 2.05) is 0 Å². The molecule has 0 aliphatic heterocycles. The highest BCUT2D eigenvalue weighted by Crippen LogP contribution is 2.34. The molecule has 0 aliphatic rings. The van der Waals surface area contributed by atoms with Crippen molar-refractivity contribution in [2.24, 2.45) is 5.14 Å². The third kappa shape index (κ3) is 4.77. The van der Waals surface area contributed by atoms with Gasteiger partial charge in [0.05, 0.1) is 22.0 Å². The Bertz CT molecular complexity index is 1130. The van der Waals surface area contributed by atoms with Gasteiger partial charge < -0.3 is 5.32 Å². The molecule has 2 aromatic rings. The summed E-state index contributed by atoms with van der Waals surface area (Å²) in [6.07, 6.45) is 1.20. The molecule has 2 aromatic carbocycles. The molecular formula is C16H14BrClN2O5S2. The van der Waals surface area contributed by atoms with Crippen molar-refractivity contribution in [2.75, 3.05) is 11.1 Å². The number of amides is 1. The fraction of sp³-hybridized carbons (Fsp3) is 0.0625. The van der Waals surface area contributed by atoms with Crippen LogP contribution in [0.15, 0.2) is 63.3 Å². The first-order valence-electron chi connectivity index (χ1n) is 7.24. The van der Waals surface area contributed by atoms with Crippen LogP contribution in [0.1, 0.15) is 10.4 Å². The summed E-state index contributed by atoms with van der Waals surface area (Å²) in [7, 11) is -7.90. The minimum atomic E-state index is -4.08. The van der Waals surface area contributed by atoms with Gasteiger partial charge in [0.25, 0.3) is 5.91 Å². The second kappa shape index (κ2) is 8.11. The molecule has 0 saturated heterocycles. The lowest BCUT2D eigenvalue weighted by molar-refractivity contribution is 0.102. The highest BCUT2D eigenvalue weighted by atomic mass is 79.9. The van der Waals surface area contributed by atoms with E-state index in [-0.39, 0.29) is 36.3 Å². The number of nitrogens with two attached hydrogens (primary N) is 1. The monoisotopic (exact) mass is 492 g/mol. The zero-order chi connectivity index (χ0) is 20.4. The molecule has 0 spiro atoms. The summed E-state index contributed by atoms with van der Waals surface area (Å²) in [5.74, 6) is -1.16. The van der Waals surface area contributed by atoms with Crippen LogP contribution in [0, 0.1) is 0 Å². The number of halogens is 2. The Morgan fingerprint density at radius 2 is 1.81 bits per heavy atom. The van der Waals surface area contributed by atoms with E-state index in [1.54, 1.807) is 0 Å². The molecule has 1 amide bonds. The van der Waals surface area contributed by atoms with Crippen molar-refractivity contribution < 1.29 is 21.6 Å². The maximum atomic E-state index is 12.6. The number of para-hydroxylation sites is 1. The minimum Gasteiger partial charge on any atom is -0.321 e. The maximum absolute atomic E-state index is 12.6. The summed E-state index contributed by atoms with van der Waals surface area (Å²) >= 11 is 9.29. The molecular weight excluding hydrogens is 480 g/mol. The lowest BCUT2D eigenvalue weighted by Gasteiger charge is -2.13. The molecule has 3 N–H and O–H groups in total. The van der Waals surface area contributed by atoms with Crippen LogP contribution in [0.25, 0.3) is 0 Å². The molecule has 7 nitrogen and oxygen atoms in total. The molecule has 0 fully saturated rings. The first kappa shape index (κ1) is 21.6. The van der Waals surface area contributed by atoms with E-state index in [1.165, 1.54) is 42.5 Å².